The van der Waals surface area contributed by atoms with Gasteiger partial charge in [0.1, 0.15) is 55.1 Å². The number of amides is 3. The second-order valence-corrected chi connectivity index (χ2v) is 15.2. The molecule has 0 radical (unpaired) electrons. The first-order valence-electron chi connectivity index (χ1n) is 19.2. The molecule has 1 aliphatic rings. The lowest BCUT2D eigenvalue weighted by Gasteiger charge is -2.29. The number of Topliss-reactive ketones (excluding diaryl/α,β-unsaturated/α-hetero) is 1. The summed E-state index contributed by atoms with van der Waals surface area (Å²) >= 11 is 0. The van der Waals surface area contributed by atoms with E-state index in [1.165, 1.54) is 19.1 Å². The Morgan fingerprint density at radius 3 is 2.19 bits per heavy atom. The molecule has 15 nitrogen and oxygen atoms in total. The quantitative estimate of drug-likeness (QED) is 0.135. The number of ether oxygens (including phenoxy) is 5. The van der Waals surface area contributed by atoms with Crippen LogP contribution in [0.4, 0.5) is 9.59 Å². The lowest BCUT2D eigenvalue weighted by molar-refractivity contribution is -0.145. The Hall–Kier alpha value is -5.67. The first-order chi connectivity index (χ1) is 27.5. The average molecular weight is 806 g/mol. The molecule has 4 N–H and O–H groups in total. The second-order valence-electron chi connectivity index (χ2n) is 15.2. The molecule has 3 aromatic carbocycles. The topological polar surface area (TPSA) is 199 Å². The standard InChI is InChI=1S/C43H55N3O12/c1-8-30(47)24-55-37-17-15-29-21-33(37)32-19-28(14-16-36(32)56-25-31(48)22-44-41(52)58-43(3,4)5)20-34(40(51)54-7)45-39(50)26(2)18-35(49)38(29)46(6)42(53)57-23-27-12-10-9-11-13-27/h9-17,19,21,26,30-31,34,38,47-48H,8,18,20,22-25H2,1-7H3,(H,44,52)(H,45,50)/t26-,30-,31-,34+,38+/m1/s1. The predicted octanol–water partition coefficient (Wildman–Crippen LogP) is 4.89. The Kier molecular flexibility index (Phi) is 16.0. The van der Waals surface area contributed by atoms with Gasteiger partial charge in [-0.3, -0.25) is 14.5 Å². The number of benzene rings is 3. The van der Waals surface area contributed by atoms with Gasteiger partial charge in [-0.15, -0.1) is 0 Å². The van der Waals surface area contributed by atoms with Crippen molar-refractivity contribution < 1.29 is 57.9 Å². The van der Waals surface area contributed by atoms with E-state index >= 15 is 0 Å². The number of hydrogen-bond acceptors (Lipinski definition) is 12. The molecule has 0 saturated carbocycles. The number of carbonyl (C=O) groups is 5. The molecule has 58 heavy (non-hydrogen) atoms. The molecule has 3 amide bonds. The highest BCUT2D eigenvalue weighted by Gasteiger charge is 2.34. The predicted molar refractivity (Wildman–Crippen MR) is 213 cm³/mol. The molecule has 0 saturated heterocycles. The van der Waals surface area contributed by atoms with Gasteiger partial charge >= 0.3 is 18.2 Å². The molecule has 314 valence electrons. The van der Waals surface area contributed by atoms with E-state index in [9.17, 15) is 34.2 Å². The highest BCUT2D eigenvalue weighted by Crippen LogP contribution is 2.41. The molecule has 0 unspecified atom stereocenters. The van der Waals surface area contributed by atoms with Crippen LogP contribution in [0.5, 0.6) is 11.5 Å². The van der Waals surface area contributed by atoms with Crippen LogP contribution in [0.15, 0.2) is 66.7 Å². The number of methoxy groups -OCH3 is 1. The molecule has 4 bridgehead atoms. The van der Waals surface area contributed by atoms with Crippen LogP contribution < -0.4 is 20.1 Å². The lowest BCUT2D eigenvalue weighted by Crippen LogP contribution is -2.46. The maximum Gasteiger partial charge on any atom is 0.410 e. The Bertz CT molecular complexity index is 1900. The summed E-state index contributed by atoms with van der Waals surface area (Å²) in [4.78, 5) is 67.8. The molecular formula is C43H55N3O12. The molecule has 0 fully saturated rings. The van der Waals surface area contributed by atoms with E-state index in [0.29, 0.717) is 34.4 Å². The van der Waals surface area contributed by atoms with Crippen LogP contribution in [0.3, 0.4) is 0 Å². The minimum atomic E-state index is -1.25. The number of alkyl carbamates (subject to hydrolysis) is 1. The number of esters is 1. The van der Waals surface area contributed by atoms with Gasteiger partial charge in [-0.1, -0.05) is 56.3 Å². The van der Waals surface area contributed by atoms with Crippen LogP contribution in [-0.4, -0.2) is 103 Å². The van der Waals surface area contributed by atoms with E-state index in [-0.39, 0.29) is 45.0 Å². The molecule has 3 aromatic rings. The maximum absolute atomic E-state index is 14.3. The van der Waals surface area contributed by atoms with Crippen molar-refractivity contribution in [2.45, 2.75) is 90.4 Å². The van der Waals surface area contributed by atoms with Gasteiger partial charge in [0.05, 0.1) is 19.8 Å². The molecular weight excluding hydrogens is 750 g/mol. The van der Waals surface area contributed by atoms with Crippen LogP contribution in [0.1, 0.15) is 70.2 Å². The van der Waals surface area contributed by atoms with E-state index < -0.39 is 65.7 Å². The number of fused-ring (bicyclic) bond motifs is 5. The zero-order chi connectivity index (χ0) is 42.6. The van der Waals surface area contributed by atoms with Crippen LogP contribution in [0, 0.1) is 5.92 Å². The second kappa shape index (κ2) is 20.7. The Labute approximate surface area is 338 Å². The molecule has 1 heterocycles. The third kappa shape index (κ3) is 12.9. The number of aliphatic hydroxyl groups excluding tert-OH is 2. The van der Waals surface area contributed by atoms with E-state index in [2.05, 4.69) is 10.6 Å². The van der Waals surface area contributed by atoms with Crippen molar-refractivity contribution in [2.24, 2.45) is 5.92 Å². The van der Waals surface area contributed by atoms with Crippen molar-refractivity contribution in [3.8, 4) is 22.6 Å². The van der Waals surface area contributed by atoms with Crippen molar-refractivity contribution in [3.63, 3.8) is 0 Å². The maximum atomic E-state index is 14.3. The highest BCUT2D eigenvalue weighted by atomic mass is 16.6. The zero-order valence-electron chi connectivity index (χ0n) is 34.1. The largest absolute Gasteiger partial charge is 0.490 e. The fourth-order valence-electron chi connectivity index (χ4n) is 6.10. The smallest absolute Gasteiger partial charge is 0.410 e. The number of rotatable bonds is 13. The molecule has 5 atom stereocenters. The summed E-state index contributed by atoms with van der Waals surface area (Å²) in [5.41, 5.74) is 1.73. The summed E-state index contributed by atoms with van der Waals surface area (Å²) in [5, 5.41) is 26.5. The van der Waals surface area contributed by atoms with Crippen LogP contribution in [-0.2, 0) is 41.6 Å². The first-order valence-corrected chi connectivity index (χ1v) is 19.2. The Balaban J connectivity index is 1.83. The van der Waals surface area contributed by atoms with Crippen molar-refractivity contribution in [3.05, 3.63) is 83.4 Å². The number of aliphatic hydroxyl groups is 2. The normalized spacial score (nSPS) is 18.1. The van der Waals surface area contributed by atoms with Gasteiger partial charge in [0.2, 0.25) is 5.91 Å². The van der Waals surface area contributed by atoms with Crippen LogP contribution in [0.25, 0.3) is 11.1 Å². The number of ketones is 1. The molecule has 4 rings (SSSR count). The Morgan fingerprint density at radius 2 is 1.55 bits per heavy atom. The molecule has 1 aliphatic heterocycles. The fraction of sp³-hybridized carbons (Fsp3) is 0.465. The van der Waals surface area contributed by atoms with E-state index in [1.54, 1.807) is 83.1 Å². The van der Waals surface area contributed by atoms with Crippen molar-refractivity contribution in [1.82, 2.24) is 15.5 Å². The van der Waals surface area contributed by atoms with Gasteiger partial charge < -0.3 is 44.5 Å². The fourth-order valence-corrected chi connectivity index (χ4v) is 6.10. The SMILES string of the molecule is CC[C@@H](O)COc1ccc2cc1-c1cc(ccc1OC[C@H](O)CNC(=O)OC(C)(C)C)C[C@@H](C(=O)OC)NC(=O)[C@H](C)CC(=O)[C@H]2N(C)C(=O)OCc1ccccc1. The molecule has 0 aliphatic carbocycles. The third-order valence-electron chi connectivity index (χ3n) is 9.25. The summed E-state index contributed by atoms with van der Waals surface area (Å²) in [5.74, 6) is -2.12. The van der Waals surface area contributed by atoms with Crippen LogP contribution in [0.2, 0.25) is 0 Å². The zero-order valence-corrected chi connectivity index (χ0v) is 34.1. The van der Waals surface area contributed by atoms with Gasteiger partial charge in [0.25, 0.3) is 0 Å². The summed E-state index contributed by atoms with van der Waals surface area (Å²) in [6.45, 7) is 7.93. The first kappa shape index (κ1) is 45.0. The van der Waals surface area contributed by atoms with Gasteiger partial charge in [0, 0.05) is 36.9 Å². The van der Waals surface area contributed by atoms with Crippen molar-refractivity contribution in [2.75, 3.05) is 33.9 Å². The minimum absolute atomic E-state index is 0.00214. The van der Waals surface area contributed by atoms with E-state index in [4.69, 9.17) is 23.7 Å². The Morgan fingerprint density at radius 1 is 0.914 bits per heavy atom. The van der Waals surface area contributed by atoms with Crippen LogP contribution >= 0.6 is 0 Å². The number of likely N-dealkylation sites (N-methyl/N-ethyl adjacent to an activating group) is 1. The third-order valence-corrected chi connectivity index (χ3v) is 9.25. The average Bonchev–Trinajstić information content (AvgIpc) is 3.19. The number of hydrogen-bond donors (Lipinski definition) is 4. The summed E-state index contributed by atoms with van der Waals surface area (Å²) in [6, 6.07) is 16.6. The minimum Gasteiger partial charge on any atom is -0.490 e. The summed E-state index contributed by atoms with van der Waals surface area (Å²) in [7, 11) is 2.63. The van der Waals surface area contributed by atoms with Crippen molar-refractivity contribution in [1.29, 1.82) is 0 Å². The van der Waals surface area contributed by atoms with Gasteiger partial charge in [-0.2, -0.15) is 0 Å². The highest BCUT2D eigenvalue weighted by molar-refractivity contribution is 5.94. The number of carbonyl (C=O) groups excluding carboxylic acids is 5. The van der Waals surface area contributed by atoms with E-state index in [1.807, 2.05) is 18.2 Å². The van der Waals surface area contributed by atoms with Crippen molar-refractivity contribution >= 4 is 29.8 Å². The lowest BCUT2D eigenvalue weighted by atomic mass is 9.90. The van der Waals surface area contributed by atoms with Gasteiger partial charge in [-0.05, 0) is 68.1 Å². The molecule has 0 aromatic heterocycles. The summed E-state index contributed by atoms with van der Waals surface area (Å²) < 4.78 is 28.2. The van der Waals surface area contributed by atoms with Gasteiger partial charge in [0.15, 0.2) is 5.78 Å². The molecule has 15 heteroatoms. The summed E-state index contributed by atoms with van der Waals surface area (Å²) in [6.07, 6.45) is -3.36. The van der Waals surface area contributed by atoms with E-state index in [0.717, 1.165) is 5.56 Å². The monoisotopic (exact) mass is 805 g/mol. The number of nitrogens with one attached hydrogen (secondary N) is 2. The molecule has 0 spiro atoms. The number of nitrogens with zero attached hydrogens (tertiary/aromatic N) is 1. The van der Waals surface area contributed by atoms with Gasteiger partial charge in [-0.25, -0.2) is 14.4 Å².